The minimum atomic E-state index is -0.799. The first-order valence-electron chi connectivity index (χ1n) is 22.9. The van der Waals surface area contributed by atoms with Gasteiger partial charge in [0.25, 0.3) is 0 Å². The maximum atomic E-state index is 5.25. The van der Waals surface area contributed by atoms with Gasteiger partial charge in [-0.2, -0.15) is 48.5 Å². The number of pyridine rings is 1. The molecule has 2 aromatic heterocycles. The summed E-state index contributed by atoms with van der Waals surface area (Å²) < 4.78 is 4.51. The number of imidazole rings is 1. The van der Waals surface area contributed by atoms with Crippen molar-refractivity contribution in [1.29, 1.82) is 0 Å². The van der Waals surface area contributed by atoms with Gasteiger partial charge in [0.05, 0.1) is 18.2 Å². The summed E-state index contributed by atoms with van der Waals surface area (Å²) in [5.74, 6) is 0. The van der Waals surface area contributed by atoms with Crippen LogP contribution >= 0.6 is 0 Å². The van der Waals surface area contributed by atoms with E-state index in [4.69, 9.17) is 4.98 Å². The summed E-state index contributed by atoms with van der Waals surface area (Å²) in [5, 5.41) is 0. The van der Waals surface area contributed by atoms with Crippen LogP contribution in [-0.2, 0) is 44.5 Å². The molecule has 0 saturated carbocycles. The summed E-state index contributed by atoms with van der Waals surface area (Å²) in [6.07, 6.45) is 5.78. The Kier molecular flexibility index (Phi) is 9.34. The average Bonchev–Trinajstić information content (AvgIpc) is 4.04. The number of aromatic nitrogens is 3. The van der Waals surface area contributed by atoms with Crippen molar-refractivity contribution < 1.29 is 25.6 Å². The molecule has 3 nitrogen and oxygen atoms in total. The molecule has 0 fully saturated rings. The van der Waals surface area contributed by atoms with Gasteiger partial charge in [0.2, 0.25) is 6.33 Å². The number of aryl methyl sites for hydroxylation is 2. The van der Waals surface area contributed by atoms with Crippen LogP contribution in [0.15, 0.2) is 200 Å². The predicted molar refractivity (Wildman–Crippen MR) is 262 cm³/mol. The molecule has 0 bridgehead atoms. The van der Waals surface area contributed by atoms with Crippen LogP contribution in [0.25, 0.3) is 33.4 Å². The molecule has 0 radical (unpaired) electrons. The Labute approximate surface area is 407 Å². The molecule has 0 N–H and O–H groups in total. The van der Waals surface area contributed by atoms with Crippen molar-refractivity contribution in [2.75, 3.05) is 0 Å². The summed E-state index contributed by atoms with van der Waals surface area (Å²) in [4.78, 5) is 5.25. The van der Waals surface area contributed by atoms with Crippen LogP contribution in [0.3, 0.4) is 0 Å². The van der Waals surface area contributed by atoms with Gasteiger partial charge in [-0.25, -0.2) is 0 Å². The molecule has 324 valence electrons. The third-order valence-electron chi connectivity index (χ3n) is 15.3. The van der Waals surface area contributed by atoms with Crippen LogP contribution in [0.2, 0.25) is 0 Å². The molecule has 0 atom stereocenters. The molecule has 13 rings (SSSR count). The van der Waals surface area contributed by atoms with Crippen molar-refractivity contribution >= 4 is 0 Å². The largest absolute Gasteiger partial charge is 0.351 e. The second-order valence-electron chi connectivity index (χ2n) is 18.3. The van der Waals surface area contributed by atoms with Crippen molar-refractivity contribution in [3.05, 3.63) is 297 Å². The zero-order valence-corrected chi connectivity index (χ0v) is 40.0. The van der Waals surface area contributed by atoms with E-state index in [-0.39, 0.29) is 21.1 Å². The van der Waals surface area contributed by atoms with E-state index >= 15 is 0 Å². The number of benzene rings is 8. The number of hydrogen-bond acceptors (Lipinski definition) is 1. The van der Waals surface area contributed by atoms with Crippen LogP contribution in [0.4, 0.5) is 0 Å². The van der Waals surface area contributed by atoms with Crippen molar-refractivity contribution in [1.82, 2.24) is 9.55 Å². The molecular weight excluding hydrogens is 994 g/mol. The first-order chi connectivity index (χ1) is 32.4. The summed E-state index contributed by atoms with van der Waals surface area (Å²) in [6, 6.07) is 80.2. The smallest absolute Gasteiger partial charge is 0.205 e. The molecule has 0 aliphatic heterocycles. The van der Waals surface area contributed by atoms with E-state index in [2.05, 4.69) is 250 Å². The van der Waals surface area contributed by atoms with E-state index in [9.17, 15) is 0 Å². The van der Waals surface area contributed by atoms with Gasteiger partial charge in [-0.15, -0.1) is 22.3 Å². The summed E-state index contributed by atoms with van der Waals surface area (Å²) in [5.41, 5.74) is 21.1. The van der Waals surface area contributed by atoms with Gasteiger partial charge in [0.1, 0.15) is 5.54 Å². The molecular formula is C63H45N3Pt-2. The fraction of sp³-hybridized carbons (Fsp3) is 0.111. The van der Waals surface area contributed by atoms with Gasteiger partial charge >= 0.3 is 0 Å². The fourth-order valence-corrected chi connectivity index (χ4v) is 12.3. The predicted octanol–water partition coefficient (Wildman–Crippen LogP) is 12.6. The third-order valence-corrected chi connectivity index (χ3v) is 15.3. The maximum absolute atomic E-state index is 5.25. The molecule has 4 heteroatoms. The second-order valence-corrected chi connectivity index (χ2v) is 18.3. The van der Waals surface area contributed by atoms with Crippen LogP contribution in [0, 0.1) is 39.2 Å². The molecule has 0 unspecified atom stereocenters. The van der Waals surface area contributed by atoms with Crippen LogP contribution in [0.5, 0.6) is 0 Å². The van der Waals surface area contributed by atoms with Gasteiger partial charge < -0.3 is 9.13 Å². The minimum absolute atomic E-state index is 0. The van der Waals surface area contributed by atoms with Gasteiger partial charge in [0, 0.05) is 43.8 Å². The van der Waals surface area contributed by atoms with Gasteiger partial charge in [-0.05, 0) is 91.6 Å². The maximum Gasteiger partial charge on any atom is 0.205 e. The van der Waals surface area contributed by atoms with E-state index in [1.54, 1.807) is 0 Å². The van der Waals surface area contributed by atoms with Crippen LogP contribution in [-0.4, -0.2) is 9.55 Å². The van der Waals surface area contributed by atoms with E-state index in [0.29, 0.717) is 0 Å². The average molecular weight is 1040 g/mol. The summed E-state index contributed by atoms with van der Waals surface area (Å²) >= 11 is 0. The number of rotatable bonds is 6. The van der Waals surface area contributed by atoms with Gasteiger partial charge in [-0.1, -0.05) is 159 Å². The van der Waals surface area contributed by atoms with Crippen molar-refractivity contribution in [2.24, 2.45) is 7.05 Å². The zero-order valence-electron chi connectivity index (χ0n) is 37.7. The normalized spacial score (nSPS) is 14.8. The van der Waals surface area contributed by atoms with Crippen LogP contribution < -0.4 is 4.57 Å². The van der Waals surface area contributed by atoms with Crippen LogP contribution in [0.1, 0.15) is 78.3 Å². The molecule has 3 aliphatic carbocycles. The van der Waals surface area contributed by atoms with E-state index in [1.165, 1.54) is 78.0 Å². The second kappa shape index (κ2) is 15.2. The Morgan fingerprint density at radius 3 is 1.24 bits per heavy atom. The summed E-state index contributed by atoms with van der Waals surface area (Å²) in [7, 11) is 2.10. The fourth-order valence-electron chi connectivity index (χ4n) is 12.3. The summed E-state index contributed by atoms with van der Waals surface area (Å²) in [6.45, 7) is 6.58. The Balaban J connectivity index is 0.00000468. The number of nitrogens with zero attached hydrogens (tertiary/aromatic N) is 3. The Morgan fingerprint density at radius 1 is 0.433 bits per heavy atom. The standard InChI is InChI=1S/C63H45N3.Pt/c1-41-35-36-64-60(37-41)62(56-31-13-7-25-50(56)51-26-8-14-32-57(51)62)46-21-17-19-44(38-46)61(54-29-11-5-23-48(54)49-24-6-12-30-55(49)61)45-20-18-22-47(39-45)63(66-40-65(4)42(2)43(66)3)58-33-15-9-27-52(58)53-28-10-16-34-59(53)63;/h5-37H,1-4H3;/q-2;. The first kappa shape index (κ1) is 41.3. The molecule has 2 heterocycles. The monoisotopic (exact) mass is 1040 g/mol. The SMILES string of the molecule is Cc1ccnc(C2(c3[c-]c(C4(c5[c-]c(C6(n7[c-][n+](C)c(C)c7C)c7ccccc7-c7ccccc76)ccc5)c5ccccc5-c5ccccc54)ccc3)c3ccccc3-c3ccccc32)c1.[Pt]. The molecule has 67 heavy (non-hydrogen) atoms. The topological polar surface area (TPSA) is 21.7 Å². The molecule has 0 saturated heterocycles. The van der Waals surface area contributed by atoms with E-state index in [1.807, 2.05) is 6.20 Å². The zero-order chi connectivity index (χ0) is 44.4. The molecule has 10 aromatic rings. The van der Waals surface area contributed by atoms with Gasteiger partial charge in [0.15, 0.2) is 0 Å². The van der Waals surface area contributed by atoms with Gasteiger partial charge in [-0.3, -0.25) is 4.98 Å². The van der Waals surface area contributed by atoms with Crippen molar-refractivity contribution in [3.8, 4) is 33.4 Å². The van der Waals surface area contributed by atoms with E-state index in [0.717, 1.165) is 33.6 Å². The van der Waals surface area contributed by atoms with Crippen molar-refractivity contribution in [2.45, 2.75) is 37.1 Å². The van der Waals surface area contributed by atoms with E-state index < -0.39 is 16.4 Å². The quantitative estimate of drug-likeness (QED) is 0.120. The third kappa shape index (κ3) is 5.32. The Hall–Kier alpha value is -7.19. The molecule has 8 aromatic carbocycles. The van der Waals surface area contributed by atoms with Crippen molar-refractivity contribution in [3.63, 3.8) is 0 Å². The molecule has 3 aliphatic rings. The first-order valence-corrected chi connectivity index (χ1v) is 22.9. The number of hydrogen-bond donors (Lipinski definition) is 0. The minimum Gasteiger partial charge on any atom is -0.351 e. The molecule has 0 spiro atoms. The Bertz CT molecular complexity index is 3490. The molecule has 0 amide bonds. The Morgan fingerprint density at radius 2 is 0.806 bits per heavy atom. The number of fused-ring (bicyclic) bond motifs is 9.